The van der Waals surface area contributed by atoms with Gasteiger partial charge in [0.1, 0.15) is 0 Å². The minimum absolute atomic E-state index is 0.484. The first-order chi connectivity index (χ1) is 6.06. The number of ether oxygens (including phenoxy) is 1. The molecule has 0 heterocycles. The quantitative estimate of drug-likeness (QED) is 0.636. The third kappa shape index (κ3) is 2.07. The zero-order chi connectivity index (χ0) is 10.1. The van der Waals surface area contributed by atoms with Crippen LogP contribution < -0.4 is 0 Å². The predicted octanol–water partition coefficient (Wildman–Crippen LogP) is 3.34. The summed E-state index contributed by atoms with van der Waals surface area (Å²) in [5.41, 5.74) is 0.484. The minimum atomic E-state index is 0.484. The first-order valence-corrected chi connectivity index (χ1v) is 5.55. The summed E-state index contributed by atoms with van der Waals surface area (Å²) >= 11 is 0. The van der Waals surface area contributed by atoms with Gasteiger partial charge in [-0.25, -0.2) is 0 Å². The van der Waals surface area contributed by atoms with Gasteiger partial charge >= 0.3 is 0 Å². The van der Waals surface area contributed by atoms with Crippen LogP contribution in [0.1, 0.15) is 40.5 Å². The Balaban J connectivity index is 2.38. The molecule has 0 aromatic carbocycles. The number of hydrogen-bond donors (Lipinski definition) is 0. The molecule has 0 radical (unpaired) electrons. The third-order valence-electron chi connectivity index (χ3n) is 4.19. The lowest BCUT2D eigenvalue weighted by atomic mass is 9.97. The molecule has 1 nitrogen and oxygen atoms in total. The Labute approximate surface area is 82.9 Å². The van der Waals surface area contributed by atoms with Crippen LogP contribution in [0.4, 0.5) is 0 Å². The van der Waals surface area contributed by atoms with Crippen LogP contribution in [-0.2, 0) is 4.74 Å². The first-order valence-electron chi connectivity index (χ1n) is 5.55. The molecular weight excluding hydrogens is 160 g/mol. The SMILES string of the molecule is CCC(C)CC1C(C)C1(C)COC. The van der Waals surface area contributed by atoms with Crippen LogP contribution in [-0.4, -0.2) is 13.7 Å². The maximum absolute atomic E-state index is 5.28. The maximum Gasteiger partial charge on any atom is 0.0521 e. The molecule has 1 rings (SSSR count). The highest BCUT2D eigenvalue weighted by atomic mass is 16.5. The zero-order valence-electron chi connectivity index (χ0n) is 9.76. The van der Waals surface area contributed by atoms with Crippen molar-refractivity contribution in [3.8, 4) is 0 Å². The van der Waals surface area contributed by atoms with Crippen molar-refractivity contribution in [1.29, 1.82) is 0 Å². The highest BCUT2D eigenvalue weighted by Gasteiger charge is 2.57. The molecule has 0 aromatic heterocycles. The molecule has 0 aromatic rings. The Morgan fingerprint density at radius 3 is 2.54 bits per heavy atom. The Morgan fingerprint density at radius 2 is 2.08 bits per heavy atom. The van der Waals surface area contributed by atoms with Crippen molar-refractivity contribution in [1.82, 2.24) is 0 Å². The summed E-state index contributed by atoms with van der Waals surface area (Å²) in [6.45, 7) is 10.3. The third-order valence-corrected chi connectivity index (χ3v) is 4.19. The van der Waals surface area contributed by atoms with Crippen LogP contribution in [0, 0.1) is 23.2 Å². The lowest BCUT2D eigenvalue weighted by Gasteiger charge is -2.12. The van der Waals surface area contributed by atoms with Gasteiger partial charge in [-0.3, -0.25) is 0 Å². The highest BCUT2D eigenvalue weighted by molar-refractivity contribution is 5.05. The molecule has 1 fully saturated rings. The van der Waals surface area contributed by atoms with Gasteiger partial charge < -0.3 is 4.74 Å². The fraction of sp³-hybridized carbons (Fsp3) is 1.00. The van der Waals surface area contributed by atoms with E-state index in [0.717, 1.165) is 24.4 Å². The first kappa shape index (κ1) is 11.0. The second-order valence-electron chi connectivity index (χ2n) is 5.08. The van der Waals surface area contributed by atoms with Crippen molar-refractivity contribution in [3.63, 3.8) is 0 Å². The van der Waals surface area contributed by atoms with Gasteiger partial charge in [0.05, 0.1) is 6.61 Å². The Kier molecular flexibility index (Phi) is 3.39. The summed E-state index contributed by atoms with van der Waals surface area (Å²) in [6, 6.07) is 0. The second-order valence-corrected chi connectivity index (χ2v) is 5.08. The molecule has 0 aliphatic heterocycles. The van der Waals surface area contributed by atoms with Gasteiger partial charge in [-0.2, -0.15) is 0 Å². The molecule has 13 heavy (non-hydrogen) atoms. The normalized spacial score (nSPS) is 40.4. The van der Waals surface area contributed by atoms with Gasteiger partial charge in [0.2, 0.25) is 0 Å². The van der Waals surface area contributed by atoms with E-state index in [1.165, 1.54) is 12.8 Å². The predicted molar refractivity (Wildman–Crippen MR) is 56.7 cm³/mol. The van der Waals surface area contributed by atoms with Crippen molar-refractivity contribution in [2.45, 2.75) is 40.5 Å². The molecule has 1 saturated carbocycles. The van der Waals surface area contributed by atoms with Gasteiger partial charge in [-0.05, 0) is 29.6 Å². The van der Waals surface area contributed by atoms with Gasteiger partial charge in [-0.15, -0.1) is 0 Å². The summed E-state index contributed by atoms with van der Waals surface area (Å²) < 4.78 is 5.28. The van der Waals surface area contributed by atoms with Crippen LogP contribution in [0.2, 0.25) is 0 Å². The summed E-state index contributed by atoms with van der Waals surface area (Å²) in [6.07, 6.45) is 2.70. The molecule has 4 atom stereocenters. The van der Waals surface area contributed by atoms with E-state index in [4.69, 9.17) is 4.74 Å². The topological polar surface area (TPSA) is 9.23 Å². The summed E-state index contributed by atoms with van der Waals surface area (Å²) in [5, 5.41) is 0. The Morgan fingerprint density at radius 1 is 1.46 bits per heavy atom. The number of methoxy groups -OCH3 is 1. The van der Waals surface area contributed by atoms with E-state index in [0.29, 0.717) is 5.41 Å². The smallest absolute Gasteiger partial charge is 0.0521 e. The van der Waals surface area contributed by atoms with Crippen LogP contribution in [0.5, 0.6) is 0 Å². The molecule has 0 amide bonds. The van der Waals surface area contributed by atoms with Crippen molar-refractivity contribution in [2.75, 3.05) is 13.7 Å². The van der Waals surface area contributed by atoms with E-state index < -0.39 is 0 Å². The van der Waals surface area contributed by atoms with E-state index in [-0.39, 0.29) is 0 Å². The molecule has 0 N–H and O–H groups in total. The lowest BCUT2D eigenvalue weighted by Crippen LogP contribution is -2.09. The Hall–Kier alpha value is -0.0400. The number of hydrogen-bond acceptors (Lipinski definition) is 1. The minimum Gasteiger partial charge on any atom is -0.384 e. The average molecular weight is 184 g/mol. The largest absolute Gasteiger partial charge is 0.384 e. The van der Waals surface area contributed by atoms with Crippen molar-refractivity contribution >= 4 is 0 Å². The standard InChI is InChI=1S/C12H24O/c1-6-9(2)7-11-10(3)12(11,4)8-13-5/h9-11H,6-8H2,1-5H3. The van der Waals surface area contributed by atoms with Crippen LogP contribution in [0.15, 0.2) is 0 Å². The fourth-order valence-electron chi connectivity index (χ4n) is 2.53. The molecule has 0 spiro atoms. The molecular formula is C12H24O. The van der Waals surface area contributed by atoms with Crippen molar-refractivity contribution in [3.05, 3.63) is 0 Å². The maximum atomic E-state index is 5.28. The van der Waals surface area contributed by atoms with E-state index in [9.17, 15) is 0 Å². The van der Waals surface area contributed by atoms with Crippen LogP contribution in [0.25, 0.3) is 0 Å². The monoisotopic (exact) mass is 184 g/mol. The van der Waals surface area contributed by atoms with Gasteiger partial charge in [0, 0.05) is 7.11 Å². The summed E-state index contributed by atoms with van der Waals surface area (Å²) in [5.74, 6) is 2.65. The van der Waals surface area contributed by atoms with Crippen LogP contribution >= 0.6 is 0 Å². The average Bonchev–Trinajstić information content (AvgIpc) is 2.58. The van der Waals surface area contributed by atoms with Gasteiger partial charge in [0.25, 0.3) is 0 Å². The summed E-state index contributed by atoms with van der Waals surface area (Å²) in [4.78, 5) is 0. The zero-order valence-corrected chi connectivity index (χ0v) is 9.76. The number of rotatable bonds is 5. The van der Waals surface area contributed by atoms with E-state index in [1.54, 1.807) is 0 Å². The summed E-state index contributed by atoms with van der Waals surface area (Å²) in [7, 11) is 1.82. The van der Waals surface area contributed by atoms with E-state index in [1.807, 2.05) is 7.11 Å². The highest BCUT2D eigenvalue weighted by Crippen LogP contribution is 2.61. The fourth-order valence-corrected chi connectivity index (χ4v) is 2.53. The van der Waals surface area contributed by atoms with Gasteiger partial charge in [-0.1, -0.05) is 34.1 Å². The van der Waals surface area contributed by atoms with Gasteiger partial charge in [0.15, 0.2) is 0 Å². The molecule has 78 valence electrons. The van der Waals surface area contributed by atoms with E-state index >= 15 is 0 Å². The van der Waals surface area contributed by atoms with Crippen molar-refractivity contribution in [2.24, 2.45) is 23.2 Å². The molecule has 0 saturated heterocycles. The van der Waals surface area contributed by atoms with Crippen molar-refractivity contribution < 1.29 is 4.74 Å². The van der Waals surface area contributed by atoms with Crippen LogP contribution in [0.3, 0.4) is 0 Å². The molecule has 4 unspecified atom stereocenters. The second kappa shape index (κ2) is 4.00. The molecule has 1 aliphatic carbocycles. The molecule has 0 bridgehead atoms. The molecule has 1 heteroatoms. The molecule has 1 aliphatic rings. The van der Waals surface area contributed by atoms with E-state index in [2.05, 4.69) is 27.7 Å². The Bertz CT molecular complexity index is 167. The lowest BCUT2D eigenvalue weighted by molar-refractivity contribution is 0.134.